The van der Waals surface area contributed by atoms with Crippen LogP contribution < -0.4 is 4.90 Å². The molecule has 1 heteroatoms. The zero-order valence-corrected chi connectivity index (χ0v) is 33.8. The molecule has 0 spiro atoms. The zero-order chi connectivity index (χ0) is 40.2. The van der Waals surface area contributed by atoms with Crippen molar-refractivity contribution in [2.45, 2.75) is 19.3 Å². The number of nitrogens with zero attached hydrogens (tertiary/aromatic N) is 1. The van der Waals surface area contributed by atoms with E-state index in [0.717, 1.165) is 17.1 Å². The average molecular weight is 766 g/mol. The molecule has 10 aromatic rings. The molecule has 0 bridgehead atoms. The van der Waals surface area contributed by atoms with Gasteiger partial charge >= 0.3 is 0 Å². The van der Waals surface area contributed by atoms with Crippen LogP contribution in [0.25, 0.3) is 77.2 Å². The summed E-state index contributed by atoms with van der Waals surface area (Å²) in [5.41, 5.74) is 18.3. The van der Waals surface area contributed by atoms with Crippen LogP contribution in [0.15, 0.2) is 224 Å². The lowest BCUT2D eigenvalue weighted by molar-refractivity contribution is 0.660. The SMILES string of the molecule is CC1(C)c2cc(-c3ccc(-c4ccccc4)cc3)ccc2-c2ccc(N(c3ccc4c(ccc5ccccc54)c3)c3ccccc3-c3ccc(-c4ccccc4)cc3)cc21. The van der Waals surface area contributed by atoms with E-state index in [1.807, 2.05) is 0 Å². The highest BCUT2D eigenvalue weighted by atomic mass is 15.1. The summed E-state index contributed by atoms with van der Waals surface area (Å²) in [7, 11) is 0. The van der Waals surface area contributed by atoms with Crippen LogP contribution in [0.3, 0.4) is 0 Å². The Morgan fingerprint density at radius 2 is 0.767 bits per heavy atom. The van der Waals surface area contributed by atoms with Crippen molar-refractivity contribution < 1.29 is 0 Å². The lowest BCUT2D eigenvalue weighted by Crippen LogP contribution is -2.17. The second-order valence-electron chi connectivity index (χ2n) is 16.5. The minimum absolute atomic E-state index is 0.207. The van der Waals surface area contributed by atoms with Crippen molar-refractivity contribution in [3.8, 4) is 55.6 Å². The molecule has 0 amide bonds. The molecule has 60 heavy (non-hydrogen) atoms. The van der Waals surface area contributed by atoms with Crippen molar-refractivity contribution in [2.75, 3.05) is 4.90 Å². The highest BCUT2D eigenvalue weighted by molar-refractivity contribution is 6.09. The normalized spacial score (nSPS) is 12.6. The lowest BCUT2D eigenvalue weighted by atomic mass is 9.81. The first-order valence-electron chi connectivity index (χ1n) is 20.9. The minimum Gasteiger partial charge on any atom is -0.310 e. The van der Waals surface area contributed by atoms with Gasteiger partial charge in [0.25, 0.3) is 0 Å². The molecular formula is C59H43N. The number of fused-ring (bicyclic) bond motifs is 6. The molecule has 0 unspecified atom stereocenters. The summed E-state index contributed by atoms with van der Waals surface area (Å²) >= 11 is 0. The fraction of sp³-hybridized carbons (Fsp3) is 0.0508. The van der Waals surface area contributed by atoms with Crippen LogP contribution in [0.5, 0.6) is 0 Å². The summed E-state index contributed by atoms with van der Waals surface area (Å²) in [5, 5.41) is 5.01. The van der Waals surface area contributed by atoms with Crippen LogP contribution >= 0.6 is 0 Å². The van der Waals surface area contributed by atoms with E-state index in [2.05, 4.69) is 243 Å². The standard InChI is InChI=1S/C59H43N/c1-59(2)56-38-47(44-23-21-42(22-24-44)40-13-5-3-6-14-40)31-34-54(56)55-36-33-50(39-57(55)59)60(49-32-35-52-48(37-49)30-29-45-17-9-10-18-51(45)52)58-20-12-11-19-53(58)46-27-25-43(26-28-46)41-15-7-4-8-16-41/h3-39H,1-2H3. The Labute approximate surface area is 352 Å². The smallest absolute Gasteiger partial charge is 0.0540 e. The second-order valence-corrected chi connectivity index (χ2v) is 16.5. The number of hydrogen-bond acceptors (Lipinski definition) is 1. The number of anilines is 3. The summed E-state index contributed by atoms with van der Waals surface area (Å²) in [5.74, 6) is 0. The van der Waals surface area contributed by atoms with Crippen molar-refractivity contribution in [2.24, 2.45) is 0 Å². The molecule has 0 saturated carbocycles. The van der Waals surface area contributed by atoms with Gasteiger partial charge in [-0.2, -0.15) is 0 Å². The molecular weight excluding hydrogens is 723 g/mol. The van der Waals surface area contributed by atoms with E-state index in [0.29, 0.717) is 0 Å². The van der Waals surface area contributed by atoms with E-state index in [1.54, 1.807) is 0 Å². The predicted molar refractivity (Wildman–Crippen MR) is 255 cm³/mol. The second kappa shape index (κ2) is 14.4. The molecule has 10 aromatic carbocycles. The first-order valence-corrected chi connectivity index (χ1v) is 20.9. The minimum atomic E-state index is -0.207. The van der Waals surface area contributed by atoms with Gasteiger partial charge in [0, 0.05) is 22.4 Å². The van der Waals surface area contributed by atoms with Crippen molar-refractivity contribution >= 4 is 38.6 Å². The average Bonchev–Trinajstić information content (AvgIpc) is 3.54. The van der Waals surface area contributed by atoms with Gasteiger partial charge in [0.15, 0.2) is 0 Å². The van der Waals surface area contributed by atoms with E-state index in [1.165, 1.54) is 88.3 Å². The van der Waals surface area contributed by atoms with E-state index in [-0.39, 0.29) is 5.41 Å². The molecule has 0 radical (unpaired) electrons. The van der Waals surface area contributed by atoms with Gasteiger partial charge in [0.05, 0.1) is 5.69 Å². The lowest BCUT2D eigenvalue weighted by Gasteiger charge is -2.30. The topological polar surface area (TPSA) is 3.24 Å². The van der Waals surface area contributed by atoms with Crippen LogP contribution in [0.1, 0.15) is 25.0 Å². The Morgan fingerprint density at radius 1 is 0.300 bits per heavy atom. The molecule has 0 heterocycles. The van der Waals surface area contributed by atoms with Gasteiger partial charge in [0.2, 0.25) is 0 Å². The molecule has 284 valence electrons. The Balaban J connectivity index is 1.02. The molecule has 1 aliphatic rings. The monoisotopic (exact) mass is 765 g/mol. The molecule has 0 saturated heterocycles. The largest absolute Gasteiger partial charge is 0.310 e. The molecule has 0 aromatic heterocycles. The summed E-state index contributed by atoms with van der Waals surface area (Å²) < 4.78 is 0. The third-order valence-corrected chi connectivity index (χ3v) is 12.7. The van der Waals surface area contributed by atoms with Crippen LogP contribution in [-0.2, 0) is 5.41 Å². The Hall–Kier alpha value is -7.48. The van der Waals surface area contributed by atoms with E-state index in [9.17, 15) is 0 Å². The third-order valence-electron chi connectivity index (χ3n) is 12.7. The quantitative estimate of drug-likeness (QED) is 0.146. The van der Waals surface area contributed by atoms with Crippen molar-refractivity contribution in [1.82, 2.24) is 0 Å². The molecule has 1 aliphatic carbocycles. The highest BCUT2D eigenvalue weighted by Crippen LogP contribution is 2.52. The van der Waals surface area contributed by atoms with Gasteiger partial charge in [-0.1, -0.05) is 202 Å². The van der Waals surface area contributed by atoms with E-state index < -0.39 is 0 Å². The number of hydrogen-bond donors (Lipinski definition) is 0. The Morgan fingerprint density at radius 3 is 1.47 bits per heavy atom. The predicted octanol–water partition coefficient (Wildman–Crippen LogP) is 16.4. The van der Waals surface area contributed by atoms with Crippen molar-refractivity contribution in [3.63, 3.8) is 0 Å². The summed E-state index contributed by atoms with van der Waals surface area (Å²) in [6, 6.07) is 82.4. The number of para-hydroxylation sites is 1. The first kappa shape index (κ1) is 35.7. The third kappa shape index (κ3) is 6.10. The molecule has 1 nitrogen and oxygen atoms in total. The Bertz CT molecular complexity index is 3200. The first-order chi connectivity index (χ1) is 29.5. The van der Waals surface area contributed by atoms with E-state index >= 15 is 0 Å². The fourth-order valence-corrected chi connectivity index (χ4v) is 9.48. The van der Waals surface area contributed by atoms with Gasteiger partial charge in [0.1, 0.15) is 0 Å². The molecule has 11 rings (SSSR count). The number of benzene rings is 10. The molecule has 0 fully saturated rings. The summed E-state index contributed by atoms with van der Waals surface area (Å²) in [6.07, 6.45) is 0. The van der Waals surface area contributed by atoms with Gasteiger partial charge in [-0.15, -0.1) is 0 Å². The van der Waals surface area contributed by atoms with Gasteiger partial charge in [-0.25, -0.2) is 0 Å². The van der Waals surface area contributed by atoms with E-state index in [4.69, 9.17) is 0 Å². The van der Waals surface area contributed by atoms with Crippen molar-refractivity contribution in [3.05, 3.63) is 236 Å². The molecule has 0 atom stereocenters. The van der Waals surface area contributed by atoms with Gasteiger partial charge < -0.3 is 4.90 Å². The highest BCUT2D eigenvalue weighted by Gasteiger charge is 2.36. The summed E-state index contributed by atoms with van der Waals surface area (Å²) in [6.45, 7) is 4.77. The van der Waals surface area contributed by atoms with Crippen LogP contribution in [0.2, 0.25) is 0 Å². The zero-order valence-electron chi connectivity index (χ0n) is 33.8. The van der Waals surface area contributed by atoms with Crippen LogP contribution in [0.4, 0.5) is 17.1 Å². The van der Waals surface area contributed by atoms with Gasteiger partial charge in [-0.05, 0) is 119 Å². The maximum atomic E-state index is 2.47. The maximum absolute atomic E-state index is 2.47. The Kier molecular flexibility index (Phi) is 8.57. The molecule has 0 aliphatic heterocycles. The molecule has 0 N–H and O–H groups in total. The fourth-order valence-electron chi connectivity index (χ4n) is 9.48. The van der Waals surface area contributed by atoms with Gasteiger partial charge in [-0.3, -0.25) is 0 Å². The van der Waals surface area contributed by atoms with Crippen LogP contribution in [-0.4, -0.2) is 0 Å². The van der Waals surface area contributed by atoms with Crippen LogP contribution in [0, 0.1) is 0 Å². The van der Waals surface area contributed by atoms with Crippen molar-refractivity contribution in [1.29, 1.82) is 0 Å². The summed E-state index contributed by atoms with van der Waals surface area (Å²) in [4.78, 5) is 2.47. The number of rotatable bonds is 7. The maximum Gasteiger partial charge on any atom is 0.0540 e.